The predicted octanol–water partition coefficient (Wildman–Crippen LogP) is 2.54. The number of carbonyl (C=O) groups is 1. The summed E-state index contributed by atoms with van der Waals surface area (Å²) in [5, 5.41) is 0. The Bertz CT molecular complexity index is 474. The molecule has 0 atom stereocenters. The van der Waals surface area contributed by atoms with Gasteiger partial charge < -0.3 is 14.5 Å². The van der Waals surface area contributed by atoms with Gasteiger partial charge in [-0.25, -0.2) is 0 Å². The molecule has 1 saturated heterocycles. The largest absolute Gasteiger partial charge is 0.378 e. The van der Waals surface area contributed by atoms with Crippen LogP contribution in [0.15, 0.2) is 24.3 Å². The van der Waals surface area contributed by atoms with Crippen molar-refractivity contribution in [2.45, 2.75) is 31.7 Å². The summed E-state index contributed by atoms with van der Waals surface area (Å²) in [4.78, 5) is 16.7. The lowest BCUT2D eigenvalue weighted by atomic mass is 10.1. The predicted molar refractivity (Wildman–Crippen MR) is 83.8 cm³/mol. The number of hydrogen-bond acceptors (Lipinski definition) is 3. The number of rotatable bonds is 3. The Labute approximate surface area is 126 Å². The molecule has 1 aliphatic heterocycles. The van der Waals surface area contributed by atoms with Crippen molar-refractivity contribution in [3.63, 3.8) is 0 Å². The van der Waals surface area contributed by atoms with Crippen molar-refractivity contribution in [1.29, 1.82) is 0 Å². The maximum Gasteiger partial charge on any atom is 0.253 e. The van der Waals surface area contributed by atoms with Gasteiger partial charge in [0, 0.05) is 37.4 Å². The van der Waals surface area contributed by atoms with Crippen LogP contribution in [0.25, 0.3) is 0 Å². The lowest BCUT2D eigenvalue weighted by molar-refractivity contribution is 0.0735. The number of anilines is 1. The average Bonchev–Trinajstić information content (AvgIpc) is 3.09. The molecule has 2 fully saturated rings. The van der Waals surface area contributed by atoms with E-state index in [0.717, 1.165) is 44.7 Å². The molecule has 0 bridgehead atoms. The quantitative estimate of drug-likeness (QED) is 0.857. The van der Waals surface area contributed by atoms with Gasteiger partial charge >= 0.3 is 0 Å². The summed E-state index contributed by atoms with van der Waals surface area (Å²) < 4.78 is 5.37. The first kappa shape index (κ1) is 14.4. The minimum atomic E-state index is 0.149. The third-order valence-corrected chi connectivity index (χ3v) is 4.68. The van der Waals surface area contributed by atoms with Crippen molar-refractivity contribution in [3.8, 4) is 0 Å². The topological polar surface area (TPSA) is 32.8 Å². The molecule has 0 spiro atoms. The molecule has 0 N–H and O–H groups in total. The first-order chi connectivity index (χ1) is 10.3. The van der Waals surface area contributed by atoms with Gasteiger partial charge in [0.15, 0.2) is 0 Å². The molecular formula is C17H24N2O2. The number of hydrogen-bond donors (Lipinski definition) is 0. The second-order valence-electron chi connectivity index (χ2n) is 6.00. The Kier molecular flexibility index (Phi) is 4.44. The second-order valence-corrected chi connectivity index (χ2v) is 6.00. The van der Waals surface area contributed by atoms with E-state index in [2.05, 4.69) is 17.0 Å². The van der Waals surface area contributed by atoms with Crippen LogP contribution in [-0.4, -0.2) is 50.2 Å². The summed E-state index contributed by atoms with van der Waals surface area (Å²) in [6.07, 6.45) is 4.79. The van der Waals surface area contributed by atoms with Crippen LogP contribution >= 0.6 is 0 Å². The van der Waals surface area contributed by atoms with E-state index in [1.54, 1.807) is 0 Å². The summed E-state index contributed by atoms with van der Waals surface area (Å²) in [6, 6.07) is 8.45. The van der Waals surface area contributed by atoms with Gasteiger partial charge in [0.25, 0.3) is 5.91 Å². The van der Waals surface area contributed by atoms with Gasteiger partial charge in [-0.15, -0.1) is 0 Å². The van der Waals surface area contributed by atoms with E-state index in [9.17, 15) is 4.79 Å². The number of carbonyl (C=O) groups excluding carboxylic acids is 1. The molecule has 1 heterocycles. The molecule has 1 aromatic rings. The minimum absolute atomic E-state index is 0.149. The maximum absolute atomic E-state index is 12.5. The fraction of sp³-hybridized carbons (Fsp3) is 0.588. The van der Waals surface area contributed by atoms with Crippen molar-refractivity contribution in [1.82, 2.24) is 4.90 Å². The molecule has 114 valence electrons. The number of ether oxygens (including phenoxy) is 1. The molecule has 0 aromatic heterocycles. The van der Waals surface area contributed by atoms with E-state index in [4.69, 9.17) is 4.74 Å². The fourth-order valence-corrected chi connectivity index (χ4v) is 3.30. The Balaban J connectivity index is 1.66. The average molecular weight is 288 g/mol. The van der Waals surface area contributed by atoms with E-state index in [1.165, 1.54) is 18.5 Å². The standard InChI is InChI=1S/C17H24N2O2/c1-18(15-4-2-3-5-15)17(20)14-6-8-16(9-7-14)19-10-12-21-13-11-19/h6-9,15H,2-5,10-13H2,1H3. The van der Waals surface area contributed by atoms with Gasteiger partial charge in [-0.3, -0.25) is 4.79 Å². The Morgan fingerprint density at radius 1 is 1.14 bits per heavy atom. The van der Waals surface area contributed by atoms with Crippen LogP contribution in [0, 0.1) is 0 Å². The molecule has 1 amide bonds. The van der Waals surface area contributed by atoms with Crippen molar-refractivity contribution < 1.29 is 9.53 Å². The van der Waals surface area contributed by atoms with Crippen LogP contribution < -0.4 is 4.90 Å². The molecule has 1 aliphatic carbocycles. The third kappa shape index (κ3) is 3.21. The highest BCUT2D eigenvalue weighted by Crippen LogP contribution is 2.24. The summed E-state index contributed by atoms with van der Waals surface area (Å²) in [6.45, 7) is 3.42. The number of nitrogens with zero attached hydrogens (tertiary/aromatic N) is 2. The Morgan fingerprint density at radius 2 is 1.76 bits per heavy atom. The van der Waals surface area contributed by atoms with Gasteiger partial charge in [0.05, 0.1) is 13.2 Å². The normalized spacial score (nSPS) is 19.8. The molecule has 1 saturated carbocycles. The van der Waals surface area contributed by atoms with Crippen molar-refractivity contribution in [3.05, 3.63) is 29.8 Å². The molecule has 0 unspecified atom stereocenters. The highest BCUT2D eigenvalue weighted by atomic mass is 16.5. The highest BCUT2D eigenvalue weighted by molar-refractivity contribution is 5.94. The zero-order valence-corrected chi connectivity index (χ0v) is 12.8. The van der Waals surface area contributed by atoms with E-state index < -0.39 is 0 Å². The molecule has 21 heavy (non-hydrogen) atoms. The van der Waals surface area contributed by atoms with Gasteiger partial charge in [0.1, 0.15) is 0 Å². The first-order valence-corrected chi connectivity index (χ1v) is 7.95. The number of amides is 1. The van der Waals surface area contributed by atoms with E-state index in [1.807, 2.05) is 24.1 Å². The molecule has 3 rings (SSSR count). The number of benzene rings is 1. The molecular weight excluding hydrogens is 264 g/mol. The molecule has 0 radical (unpaired) electrons. The summed E-state index contributed by atoms with van der Waals surface area (Å²) >= 11 is 0. The number of morpholine rings is 1. The van der Waals surface area contributed by atoms with Crippen LogP contribution in [0.5, 0.6) is 0 Å². The first-order valence-electron chi connectivity index (χ1n) is 7.95. The SMILES string of the molecule is CN(C(=O)c1ccc(N2CCOCC2)cc1)C1CCCC1. The lowest BCUT2D eigenvalue weighted by Crippen LogP contribution is -2.36. The van der Waals surface area contributed by atoms with Crippen LogP contribution in [0.1, 0.15) is 36.0 Å². The summed E-state index contributed by atoms with van der Waals surface area (Å²) in [5.41, 5.74) is 1.97. The van der Waals surface area contributed by atoms with E-state index in [0.29, 0.717) is 6.04 Å². The van der Waals surface area contributed by atoms with Crippen LogP contribution in [0.2, 0.25) is 0 Å². The van der Waals surface area contributed by atoms with Crippen LogP contribution in [0.3, 0.4) is 0 Å². The minimum Gasteiger partial charge on any atom is -0.378 e. The van der Waals surface area contributed by atoms with E-state index >= 15 is 0 Å². The molecule has 4 heteroatoms. The van der Waals surface area contributed by atoms with Crippen molar-refractivity contribution >= 4 is 11.6 Å². The van der Waals surface area contributed by atoms with Crippen LogP contribution in [0.4, 0.5) is 5.69 Å². The molecule has 1 aromatic carbocycles. The van der Waals surface area contributed by atoms with Gasteiger partial charge in [-0.2, -0.15) is 0 Å². The smallest absolute Gasteiger partial charge is 0.253 e. The maximum atomic E-state index is 12.5. The van der Waals surface area contributed by atoms with Gasteiger partial charge in [0.2, 0.25) is 0 Å². The van der Waals surface area contributed by atoms with Crippen molar-refractivity contribution in [2.75, 3.05) is 38.3 Å². The van der Waals surface area contributed by atoms with Crippen LogP contribution in [-0.2, 0) is 4.74 Å². The second kappa shape index (κ2) is 6.48. The lowest BCUT2D eigenvalue weighted by Gasteiger charge is -2.29. The van der Waals surface area contributed by atoms with E-state index in [-0.39, 0.29) is 5.91 Å². The monoisotopic (exact) mass is 288 g/mol. The van der Waals surface area contributed by atoms with Crippen molar-refractivity contribution in [2.24, 2.45) is 0 Å². The zero-order valence-electron chi connectivity index (χ0n) is 12.8. The fourth-order valence-electron chi connectivity index (χ4n) is 3.30. The zero-order chi connectivity index (χ0) is 14.7. The molecule has 4 nitrogen and oxygen atoms in total. The van der Waals surface area contributed by atoms with Gasteiger partial charge in [-0.05, 0) is 37.1 Å². The summed E-state index contributed by atoms with van der Waals surface area (Å²) in [5.74, 6) is 0.149. The molecule has 2 aliphatic rings. The van der Waals surface area contributed by atoms with Gasteiger partial charge in [-0.1, -0.05) is 12.8 Å². The Morgan fingerprint density at radius 3 is 2.38 bits per heavy atom. The highest BCUT2D eigenvalue weighted by Gasteiger charge is 2.24. The Hall–Kier alpha value is -1.55. The summed E-state index contributed by atoms with van der Waals surface area (Å²) in [7, 11) is 1.94. The third-order valence-electron chi connectivity index (χ3n) is 4.68.